The van der Waals surface area contributed by atoms with Gasteiger partial charge in [0.1, 0.15) is 11.4 Å². The first-order chi connectivity index (χ1) is 13.1. The number of carbonyl (C=O) groups is 1. The van der Waals surface area contributed by atoms with Crippen molar-refractivity contribution in [2.24, 2.45) is 0 Å². The zero-order valence-corrected chi connectivity index (χ0v) is 15.3. The molecule has 138 valence electrons. The molecule has 3 aromatic rings. The number of carbonyl (C=O) groups excluding carboxylic acids is 1. The lowest BCUT2D eigenvalue weighted by molar-refractivity contribution is 0.0946. The Morgan fingerprint density at radius 2 is 1.93 bits per heavy atom. The highest BCUT2D eigenvalue weighted by atomic mass is 16.5. The number of nitrogens with zero attached hydrogens (tertiary/aromatic N) is 2. The molecule has 0 bridgehead atoms. The molecule has 0 radical (unpaired) electrons. The van der Waals surface area contributed by atoms with Gasteiger partial charge in [-0.25, -0.2) is 4.98 Å². The highest BCUT2D eigenvalue weighted by molar-refractivity contribution is 5.92. The molecule has 0 fully saturated rings. The van der Waals surface area contributed by atoms with Gasteiger partial charge in [-0.2, -0.15) is 0 Å². The van der Waals surface area contributed by atoms with Gasteiger partial charge in [-0.05, 0) is 49.7 Å². The predicted octanol–water partition coefficient (Wildman–Crippen LogP) is 3.94. The van der Waals surface area contributed by atoms with Crippen LogP contribution in [0.1, 0.15) is 29.9 Å². The van der Waals surface area contributed by atoms with Gasteiger partial charge in [0.25, 0.3) is 5.91 Å². The molecule has 0 aliphatic heterocycles. The molecule has 27 heavy (non-hydrogen) atoms. The number of anilines is 2. The zero-order valence-electron chi connectivity index (χ0n) is 15.3. The van der Waals surface area contributed by atoms with E-state index in [0.29, 0.717) is 12.2 Å². The van der Waals surface area contributed by atoms with Crippen LogP contribution in [0.2, 0.25) is 0 Å². The maximum absolute atomic E-state index is 12.2. The van der Waals surface area contributed by atoms with E-state index in [-0.39, 0.29) is 12.0 Å². The Balaban J connectivity index is 1.63. The first-order valence-electron chi connectivity index (χ1n) is 8.77. The largest absolute Gasteiger partial charge is 0.489 e. The number of amides is 1. The maximum atomic E-state index is 12.2. The molecule has 0 atom stereocenters. The number of hydrogen-bond acceptors (Lipinski definition) is 5. The van der Waals surface area contributed by atoms with Crippen LogP contribution in [0.4, 0.5) is 11.4 Å². The van der Waals surface area contributed by atoms with Gasteiger partial charge >= 0.3 is 0 Å². The van der Waals surface area contributed by atoms with Crippen LogP contribution in [0.5, 0.6) is 5.75 Å². The van der Waals surface area contributed by atoms with Crippen molar-refractivity contribution in [2.45, 2.75) is 26.5 Å². The quantitative estimate of drug-likeness (QED) is 0.666. The Hall–Kier alpha value is -3.41. The summed E-state index contributed by atoms with van der Waals surface area (Å²) in [5.41, 5.74) is 2.92. The summed E-state index contributed by atoms with van der Waals surface area (Å²) in [5.74, 6) is 0.541. The molecule has 6 heteroatoms. The Morgan fingerprint density at radius 3 is 2.63 bits per heavy atom. The summed E-state index contributed by atoms with van der Waals surface area (Å²) in [5, 5.41) is 6.11. The monoisotopic (exact) mass is 362 g/mol. The van der Waals surface area contributed by atoms with Gasteiger partial charge < -0.3 is 15.4 Å². The summed E-state index contributed by atoms with van der Waals surface area (Å²) in [6.07, 6.45) is 5.13. The SMILES string of the molecule is CC(C)Oc1ccccc1Nc1ccc(C(=O)NCc2cccnc2)nc1. The molecule has 2 N–H and O–H groups in total. The fraction of sp³-hybridized carbons (Fsp3) is 0.190. The third-order valence-electron chi connectivity index (χ3n) is 3.70. The first kappa shape index (κ1) is 18.4. The molecule has 0 saturated heterocycles. The van der Waals surface area contributed by atoms with E-state index >= 15 is 0 Å². The second kappa shape index (κ2) is 8.80. The van der Waals surface area contributed by atoms with E-state index in [2.05, 4.69) is 20.6 Å². The van der Waals surface area contributed by atoms with Gasteiger partial charge in [-0.3, -0.25) is 9.78 Å². The van der Waals surface area contributed by atoms with Gasteiger partial charge in [-0.1, -0.05) is 18.2 Å². The van der Waals surface area contributed by atoms with Gasteiger partial charge in [-0.15, -0.1) is 0 Å². The molecular formula is C21H22N4O2. The van der Waals surface area contributed by atoms with Crippen LogP contribution in [0.3, 0.4) is 0 Å². The van der Waals surface area contributed by atoms with Crippen molar-refractivity contribution in [2.75, 3.05) is 5.32 Å². The van der Waals surface area contributed by atoms with Gasteiger partial charge in [0, 0.05) is 18.9 Å². The van der Waals surface area contributed by atoms with Crippen molar-refractivity contribution in [3.05, 3.63) is 78.4 Å². The highest BCUT2D eigenvalue weighted by Crippen LogP contribution is 2.28. The summed E-state index contributed by atoms with van der Waals surface area (Å²) in [6.45, 7) is 4.38. The topological polar surface area (TPSA) is 76.1 Å². The van der Waals surface area contributed by atoms with E-state index < -0.39 is 0 Å². The minimum absolute atomic E-state index is 0.0805. The van der Waals surface area contributed by atoms with E-state index in [1.165, 1.54) is 0 Å². The second-order valence-electron chi connectivity index (χ2n) is 6.26. The average Bonchev–Trinajstić information content (AvgIpc) is 2.69. The van der Waals surface area contributed by atoms with Crippen LogP contribution in [0.15, 0.2) is 67.1 Å². The van der Waals surface area contributed by atoms with Crippen LogP contribution in [-0.4, -0.2) is 22.0 Å². The number of nitrogens with one attached hydrogen (secondary N) is 2. The predicted molar refractivity (Wildman–Crippen MR) is 105 cm³/mol. The summed E-state index contributed by atoms with van der Waals surface area (Å²) in [4.78, 5) is 20.5. The molecule has 6 nitrogen and oxygen atoms in total. The van der Waals surface area contributed by atoms with E-state index in [1.807, 2.05) is 56.3 Å². The Bertz CT molecular complexity index is 880. The average molecular weight is 362 g/mol. The van der Waals surface area contributed by atoms with E-state index in [1.54, 1.807) is 24.7 Å². The minimum atomic E-state index is -0.228. The van der Waals surface area contributed by atoms with Crippen molar-refractivity contribution >= 4 is 17.3 Å². The van der Waals surface area contributed by atoms with Crippen molar-refractivity contribution < 1.29 is 9.53 Å². The smallest absolute Gasteiger partial charge is 0.270 e. The minimum Gasteiger partial charge on any atom is -0.489 e. The third-order valence-corrected chi connectivity index (χ3v) is 3.70. The molecule has 0 aliphatic rings. The number of benzene rings is 1. The lowest BCUT2D eigenvalue weighted by atomic mass is 10.2. The Labute approximate surface area is 158 Å². The Morgan fingerprint density at radius 1 is 1.07 bits per heavy atom. The number of rotatable bonds is 7. The summed E-state index contributed by atoms with van der Waals surface area (Å²) in [7, 11) is 0. The van der Waals surface area contributed by atoms with E-state index in [4.69, 9.17) is 4.74 Å². The van der Waals surface area contributed by atoms with Gasteiger partial charge in [0.2, 0.25) is 0 Å². The number of para-hydroxylation sites is 2. The van der Waals surface area contributed by atoms with Gasteiger partial charge in [0.05, 0.1) is 23.7 Å². The van der Waals surface area contributed by atoms with Crippen molar-refractivity contribution in [1.82, 2.24) is 15.3 Å². The van der Waals surface area contributed by atoms with Crippen molar-refractivity contribution in [1.29, 1.82) is 0 Å². The van der Waals surface area contributed by atoms with Gasteiger partial charge in [0.15, 0.2) is 0 Å². The fourth-order valence-electron chi connectivity index (χ4n) is 2.46. The van der Waals surface area contributed by atoms with E-state index in [0.717, 1.165) is 22.7 Å². The van der Waals surface area contributed by atoms with Crippen LogP contribution in [-0.2, 0) is 6.54 Å². The fourth-order valence-corrected chi connectivity index (χ4v) is 2.46. The molecule has 1 aromatic carbocycles. The number of aromatic nitrogens is 2. The molecule has 0 saturated carbocycles. The normalized spacial score (nSPS) is 10.5. The van der Waals surface area contributed by atoms with E-state index in [9.17, 15) is 4.79 Å². The third kappa shape index (κ3) is 5.28. The highest BCUT2D eigenvalue weighted by Gasteiger charge is 2.09. The van der Waals surface area contributed by atoms with Crippen LogP contribution in [0.25, 0.3) is 0 Å². The zero-order chi connectivity index (χ0) is 19.1. The molecule has 3 rings (SSSR count). The van der Waals surface area contributed by atoms with Crippen molar-refractivity contribution in [3.63, 3.8) is 0 Å². The van der Waals surface area contributed by atoms with Crippen molar-refractivity contribution in [3.8, 4) is 5.75 Å². The standard InChI is InChI=1S/C21H22N4O2/c1-15(2)27-20-8-4-3-7-18(20)25-17-9-10-19(23-14-17)21(26)24-13-16-6-5-11-22-12-16/h3-12,14-15,25H,13H2,1-2H3,(H,24,26). The number of pyridine rings is 2. The van der Waals surface area contributed by atoms with Crippen LogP contribution < -0.4 is 15.4 Å². The molecular weight excluding hydrogens is 340 g/mol. The molecule has 0 aliphatic carbocycles. The number of ether oxygens (including phenoxy) is 1. The summed E-state index contributed by atoms with van der Waals surface area (Å²) >= 11 is 0. The molecule has 1 amide bonds. The first-order valence-corrected chi connectivity index (χ1v) is 8.77. The summed E-state index contributed by atoms with van der Waals surface area (Å²) in [6, 6.07) is 15.0. The van der Waals surface area contributed by atoms with Crippen LogP contribution in [0, 0.1) is 0 Å². The lowest BCUT2D eigenvalue weighted by Gasteiger charge is -2.15. The molecule has 0 spiro atoms. The van der Waals surface area contributed by atoms with Crippen LogP contribution >= 0.6 is 0 Å². The summed E-state index contributed by atoms with van der Waals surface area (Å²) < 4.78 is 5.80. The Kier molecular flexibility index (Phi) is 5.99. The molecule has 2 aromatic heterocycles. The molecule has 2 heterocycles. The lowest BCUT2D eigenvalue weighted by Crippen LogP contribution is -2.23. The maximum Gasteiger partial charge on any atom is 0.270 e. The molecule has 0 unspecified atom stereocenters. The second-order valence-corrected chi connectivity index (χ2v) is 6.26. The number of hydrogen-bond donors (Lipinski definition) is 2.